The minimum atomic E-state index is -0.269. The highest BCUT2D eigenvalue weighted by atomic mass is 32.2. The van der Waals surface area contributed by atoms with Crippen LogP contribution in [0, 0.1) is 0 Å². The van der Waals surface area contributed by atoms with Gasteiger partial charge in [0.25, 0.3) is 0 Å². The Morgan fingerprint density at radius 3 is 2.42 bits per heavy atom. The fraction of sp³-hybridized carbons (Fsp3) is 0.526. The van der Waals surface area contributed by atoms with Crippen LogP contribution >= 0.6 is 11.8 Å². The largest absolute Gasteiger partial charge is 0.493 e. The SMILES string of the molecule is COc1ccc(C(=O)C(C)Sc2nnc(C(C)C)n2C2CC2)cc1OC. The van der Waals surface area contributed by atoms with Gasteiger partial charge >= 0.3 is 0 Å². The average molecular weight is 375 g/mol. The molecule has 0 radical (unpaired) electrons. The number of nitrogens with zero attached hydrogens (tertiary/aromatic N) is 3. The number of Topliss-reactive ketones (excluding diaryl/α,β-unsaturated/α-hetero) is 1. The molecule has 0 N–H and O–H groups in total. The summed E-state index contributed by atoms with van der Waals surface area (Å²) in [5, 5.41) is 9.27. The maximum absolute atomic E-state index is 12.9. The number of ether oxygens (including phenoxy) is 2. The van der Waals surface area contributed by atoms with E-state index in [4.69, 9.17) is 9.47 Å². The van der Waals surface area contributed by atoms with Crippen molar-refractivity contribution < 1.29 is 14.3 Å². The molecule has 1 aromatic carbocycles. The van der Waals surface area contributed by atoms with Gasteiger partial charge in [0.2, 0.25) is 0 Å². The van der Waals surface area contributed by atoms with Crippen molar-refractivity contribution in [2.75, 3.05) is 14.2 Å². The highest BCUT2D eigenvalue weighted by Gasteiger charge is 2.32. The summed E-state index contributed by atoms with van der Waals surface area (Å²) in [6.07, 6.45) is 2.31. The van der Waals surface area contributed by atoms with E-state index < -0.39 is 0 Å². The molecule has 0 saturated heterocycles. The number of thioether (sulfide) groups is 1. The van der Waals surface area contributed by atoms with Gasteiger partial charge in [-0.05, 0) is 38.0 Å². The maximum Gasteiger partial charge on any atom is 0.192 e. The highest BCUT2D eigenvalue weighted by molar-refractivity contribution is 8.00. The van der Waals surface area contributed by atoms with Crippen molar-refractivity contribution >= 4 is 17.5 Å². The van der Waals surface area contributed by atoms with E-state index in [9.17, 15) is 4.79 Å². The van der Waals surface area contributed by atoms with Gasteiger partial charge in [-0.2, -0.15) is 0 Å². The zero-order valence-electron chi connectivity index (χ0n) is 15.9. The Morgan fingerprint density at radius 2 is 1.85 bits per heavy atom. The molecule has 1 unspecified atom stereocenters. The Labute approximate surface area is 158 Å². The topological polar surface area (TPSA) is 66.2 Å². The van der Waals surface area contributed by atoms with Crippen molar-refractivity contribution in [3.05, 3.63) is 29.6 Å². The third-order valence-electron chi connectivity index (χ3n) is 4.44. The predicted octanol–water partition coefficient (Wildman–Crippen LogP) is 4.12. The smallest absolute Gasteiger partial charge is 0.192 e. The summed E-state index contributed by atoms with van der Waals surface area (Å²) in [4.78, 5) is 12.9. The molecule has 0 aliphatic heterocycles. The molecule has 0 bridgehead atoms. The van der Waals surface area contributed by atoms with Crippen molar-refractivity contribution in [2.45, 2.75) is 56.0 Å². The first-order chi connectivity index (χ1) is 12.5. The summed E-state index contributed by atoms with van der Waals surface area (Å²) in [5.74, 6) is 2.51. The molecule has 1 aliphatic carbocycles. The number of methoxy groups -OCH3 is 2. The quantitative estimate of drug-likeness (QED) is 0.511. The molecule has 1 atom stereocenters. The summed E-state index contributed by atoms with van der Waals surface area (Å²) in [7, 11) is 3.14. The van der Waals surface area contributed by atoms with Crippen LogP contribution in [0.3, 0.4) is 0 Å². The van der Waals surface area contributed by atoms with Crippen LogP contribution in [0.4, 0.5) is 0 Å². The fourth-order valence-electron chi connectivity index (χ4n) is 2.87. The lowest BCUT2D eigenvalue weighted by atomic mass is 10.1. The molecule has 6 nitrogen and oxygen atoms in total. The van der Waals surface area contributed by atoms with Crippen LogP contribution in [0.5, 0.6) is 11.5 Å². The number of carbonyl (C=O) groups is 1. The first-order valence-electron chi connectivity index (χ1n) is 8.84. The molecular weight excluding hydrogens is 350 g/mol. The number of rotatable bonds is 8. The molecule has 1 saturated carbocycles. The van der Waals surface area contributed by atoms with Crippen molar-refractivity contribution in [2.24, 2.45) is 0 Å². The molecule has 3 rings (SSSR count). The zero-order chi connectivity index (χ0) is 18.8. The minimum absolute atomic E-state index is 0.0346. The second kappa shape index (κ2) is 7.70. The third kappa shape index (κ3) is 3.72. The van der Waals surface area contributed by atoms with E-state index in [1.54, 1.807) is 32.4 Å². The minimum Gasteiger partial charge on any atom is -0.493 e. The van der Waals surface area contributed by atoms with E-state index in [1.165, 1.54) is 11.8 Å². The van der Waals surface area contributed by atoms with Crippen molar-refractivity contribution in [3.63, 3.8) is 0 Å². The van der Waals surface area contributed by atoms with Gasteiger partial charge < -0.3 is 14.0 Å². The van der Waals surface area contributed by atoms with E-state index in [0.717, 1.165) is 23.8 Å². The molecule has 1 heterocycles. The van der Waals surface area contributed by atoms with Gasteiger partial charge in [0.1, 0.15) is 5.82 Å². The van der Waals surface area contributed by atoms with Crippen LogP contribution in [-0.2, 0) is 0 Å². The van der Waals surface area contributed by atoms with Crippen molar-refractivity contribution in [3.8, 4) is 11.5 Å². The Balaban J connectivity index is 1.80. The summed E-state index contributed by atoms with van der Waals surface area (Å²) in [5.41, 5.74) is 0.601. The monoisotopic (exact) mass is 375 g/mol. The Morgan fingerprint density at radius 1 is 1.15 bits per heavy atom. The fourth-order valence-corrected chi connectivity index (χ4v) is 3.88. The first kappa shape index (κ1) is 18.8. The molecule has 7 heteroatoms. The van der Waals surface area contributed by atoms with Crippen molar-refractivity contribution in [1.82, 2.24) is 14.8 Å². The van der Waals surface area contributed by atoms with E-state index in [1.807, 2.05) is 6.92 Å². The van der Waals surface area contributed by atoms with Gasteiger partial charge in [-0.15, -0.1) is 10.2 Å². The van der Waals surface area contributed by atoms with Gasteiger partial charge in [0.15, 0.2) is 22.4 Å². The lowest BCUT2D eigenvalue weighted by Crippen LogP contribution is -2.15. The number of benzene rings is 1. The lowest BCUT2D eigenvalue weighted by molar-refractivity contribution is 0.0993. The summed E-state index contributed by atoms with van der Waals surface area (Å²) in [6.45, 7) is 6.15. The number of ketones is 1. The van der Waals surface area contributed by atoms with E-state index >= 15 is 0 Å². The van der Waals surface area contributed by atoms with Gasteiger partial charge in [-0.1, -0.05) is 25.6 Å². The molecule has 0 spiro atoms. The van der Waals surface area contributed by atoms with Crippen LogP contribution in [0.25, 0.3) is 0 Å². The van der Waals surface area contributed by atoms with Crippen molar-refractivity contribution in [1.29, 1.82) is 0 Å². The van der Waals surface area contributed by atoms with Gasteiger partial charge in [-0.3, -0.25) is 4.79 Å². The van der Waals surface area contributed by atoms with Crippen LogP contribution in [-0.4, -0.2) is 40.0 Å². The molecule has 1 aromatic heterocycles. The first-order valence-corrected chi connectivity index (χ1v) is 9.71. The number of carbonyl (C=O) groups excluding carboxylic acids is 1. The molecule has 1 aliphatic rings. The number of hydrogen-bond acceptors (Lipinski definition) is 6. The summed E-state index contributed by atoms with van der Waals surface area (Å²) < 4.78 is 12.8. The molecule has 2 aromatic rings. The summed E-state index contributed by atoms with van der Waals surface area (Å²) >= 11 is 1.47. The number of aromatic nitrogens is 3. The Kier molecular flexibility index (Phi) is 5.55. The normalized spacial score (nSPS) is 15.2. The zero-order valence-corrected chi connectivity index (χ0v) is 16.7. The van der Waals surface area contributed by atoms with Crippen LogP contribution in [0.2, 0.25) is 0 Å². The molecule has 26 heavy (non-hydrogen) atoms. The maximum atomic E-state index is 12.9. The predicted molar refractivity (Wildman–Crippen MR) is 102 cm³/mol. The van der Waals surface area contributed by atoms with Gasteiger partial charge in [-0.25, -0.2) is 0 Å². The molecular formula is C19H25N3O3S. The third-order valence-corrected chi connectivity index (χ3v) is 5.50. The Bertz CT molecular complexity index is 799. The van der Waals surface area contributed by atoms with Crippen LogP contribution in [0.15, 0.2) is 23.4 Å². The van der Waals surface area contributed by atoms with Crippen LogP contribution in [0.1, 0.15) is 61.8 Å². The number of hydrogen-bond donors (Lipinski definition) is 0. The second-order valence-electron chi connectivity index (χ2n) is 6.79. The Hall–Kier alpha value is -2.02. The molecule has 1 fully saturated rings. The van der Waals surface area contributed by atoms with Gasteiger partial charge in [0.05, 0.1) is 19.5 Å². The standard InChI is InChI=1S/C19H25N3O3S/c1-11(2)18-20-21-19(22(18)14-7-8-14)26-12(3)17(23)13-6-9-15(24-4)16(10-13)25-5/h6,9-12,14H,7-8H2,1-5H3. The second-order valence-corrected chi connectivity index (χ2v) is 8.10. The van der Waals surface area contributed by atoms with E-state index in [-0.39, 0.29) is 11.0 Å². The lowest BCUT2D eigenvalue weighted by Gasteiger charge is -2.14. The molecule has 140 valence electrons. The summed E-state index contributed by atoms with van der Waals surface area (Å²) in [6, 6.07) is 5.73. The molecule has 0 amide bonds. The van der Waals surface area contributed by atoms with E-state index in [2.05, 4.69) is 28.6 Å². The van der Waals surface area contributed by atoms with E-state index in [0.29, 0.717) is 29.0 Å². The van der Waals surface area contributed by atoms with Crippen LogP contribution < -0.4 is 9.47 Å². The average Bonchev–Trinajstić information content (AvgIpc) is 3.40. The van der Waals surface area contributed by atoms with Gasteiger partial charge in [0, 0.05) is 17.5 Å². The highest BCUT2D eigenvalue weighted by Crippen LogP contribution is 2.41.